The summed E-state index contributed by atoms with van der Waals surface area (Å²) in [6, 6.07) is 11.6. The zero-order chi connectivity index (χ0) is 20.4. The SMILES string of the molecule is CNC(=O)c1c(NC(=O)c2cc3ccccc3cc2OC)sc2c1CCCCC2. The molecule has 1 aliphatic carbocycles. The number of aryl methyl sites for hydroxylation is 1. The number of benzene rings is 2. The molecule has 6 heteroatoms. The van der Waals surface area contributed by atoms with E-state index in [0.29, 0.717) is 21.9 Å². The summed E-state index contributed by atoms with van der Waals surface area (Å²) in [5, 5.41) is 8.32. The fraction of sp³-hybridized carbons (Fsp3) is 0.304. The molecule has 150 valence electrons. The topological polar surface area (TPSA) is 67.4 Å². The molecule has 0 saturated carbocycles. The summed E-state index contributed by atoms with van der Waals surface area (Å²) in [5.74, 6) is 0.0974. The summed E-state index contributed by atoms with van der Waals surface area (Å²) in [6.07, 6.45) is 5.19. The van der Waals surface area contributed by atoms with Crippen LogP contribution in [-0.4, -0.2) is 26.0 Å². The Bertz CT molecular complexity index is 1090. The summed E-state index contributed by atoms with van der Waals surface area (Å²) < 4.78 is 5.47. The number of amides is 2. The molecule has 0 spiro atoms. The van der Waals surface area contributed by atoms with E-state index < -0.39 is 0 Å². The fourth-order valence-corrected chi connectivity index (χ4v) is 5.21. The van der Waals surface area contributed by atoms with Crippen LogP contribution in [0.15, 0.2) is 36.4 Å². The number of rotatable bonds is 4. The van der Waals surface area contributed by atoms with Crippen LogP contribution in [0.3, 0.4) is 0 Å². The fourth-order valence-electron chi connectivity index (χ4n) is 3.93. The van der Waals surface area contributed by atoms with E-state index >= 15 is 0 Å². The quantitative estimate of drug-likeness (QED) is 0.610. The third-order valence-corrected chi connectivity index (χ3v) is 6.62. The van der Waals surface area contributed by atoms with Crippen LogP contribution in [0.5, 0.6) is 5.75 Å². The predicted octanol–water partition coefficient (Wildman–Crippen LogP) is 4.79. The van der Waals surface area contributed by atoms with Crippen LogP contribution in [0, 0.1) is 0 Å². The Morgan fingerprint density at radius 3 is 2.45 bits per heavy atom. The normalized spacial score (nSPS) is 13.4. The summed E-state index contributed by atoms with van der Waals surface area (Å²) in [5.41, 5.74) is 2.16. The van der Waals surface area contributed by atoms with Crippen LogP contribution in [0.1, 0.15) is 50.4 Å². The van der Waals surface area contributed by atoms with E-state index in [4.69, 9.17) is 4.74 Å². The van der Waals surface area contributed by atoms with Crippen molar-refractivity contribution in [3.63, 3.8) is 0 Å². The average Bonchev–Trinajstić information content (AvgIpc) is 2.92. The van der Waals surface area contributed by atoms with Gasteiger partial charge in [-0.2, -0.15) is 0 Å². The minimum Gasteiger partial charge on any atom is -0.496 e. The zero-order valence-electron chi connectivity index (χ0n) is 16.6. The van der Waals surface area contributed by atoms with E-state index in [0.717, 1.165) is 42.0 Å². The number of carbonyl (C=O) groups excluding carboxylic acids is 2. The second-order valence-corrected chi connectivity index (χ2v) is 8.31. The van der Waals surface area contributed by atoms with Crippen molar-refractivity contribution in [2.75, 3.05) is 19.5 Å². The molecule has 4 rings (SSSR count). The lowest BCUT2D eigenvalue weighted by Crippen LogP contribution is -2.22. The van der Waals surface area contributed by atoms with Gasteiger partial charge in [0.1, 0.15) is 10.8 Å². The molecular formula is C23H24N2O3S. The van der Waals surface area contributed by atoms with Gasteiger partial charge in [-0.15, -0.1) is 11.3 Å². The zero-order valence-corrected chi connectivity index (χ0v) is 17.4. The Balaban J connectivity index is 1.73. The van der Waals surface area contributed by atoms with E-state index in [1.807, 2.05) is 36.4 Å². The van der Waals surface area contributed by atoms with Gasteiger partial charge in [0.2, 0.25) is 0 Å². The minimum atomic E-state index is -0.269. The first-order valence-corrected chi connectivity index (χ1v) is 10.7. The van der Waals surface area contributed by atoms with Crippen LogP contribution in [0.25, 0.3) is 10.8 Å². The van der Waals surface area contributed by atoms with Crippen LogP contribution in [0.4, 0.5) is 5.00 Å². The highest BCUT2D eigenvalue weighted by molar-refractivity contribution is 7.17. The van der Waals surface area contributed by atoms with Gasteiger partial charge >= 0.3 is 0 Å². The Hall–Kier alpha value is -2.86. The van der Waals surface area contributed by atoms with Gasteiger partial charge in [0.05, 0.1) is 18.2 Å². The van der Waals surface area contributed by atoms with Gasteiger partial charge in [-0.1, -0.05) is 30.7 Å². The summed E-state index contributed by atoms with van der Waals surface area (Å²) in [7, 11) is 3.19. The van der Waals surface area contributed by atoms with Gasteiger partial charge in [-0.05, 0) is 54.2 Å². The molecule has 0 bridgehead atoms. The molecule has 0 fully saturated rings. The molecule has 1 aromatic heterocycles. The van der Waals surface area contributed by atoms with Crippen LogP contribution in [0.2, 0.25) is 0 Å². The number of fused-ring (bicyclic) bond motifs is 2. The molecule has 5 nitrogen and oxygen atoms in total. The van der Waals surface area contributed by atoms with Crippen LogP contribution in [-0.2, 0) is 12.8 Å². The molecule has 1 heterocycles. The maximum absolute atomic E-state index is 13.2. The van der Waals surface area contributed by atoms with Gasteiger partial charge in [-0.3, -0.25) is 9.59 Å². The highest BCUT2D eigenvalue weighted by Crippen LogP contribution is 2.38. The number of thiophene rings is 1. The Kier molecular flexibility index (Phi) is 5.53. The summed E-state index contributed by atoms with van der Waals surface area (Å²) in [6.45, 7) is 0. The number of ether oxygens (including phenoxy) is 1. The highest BCUT2D eigenvalue weighted by Gasteiger charge is 2.26. The number of carbonyl (C=O) groups is 2. The smallest absolute Gasteiger partial charge is 0.260 e. The van der Waals surface area contributed by atoms with Gasteiger partial charge in [-0.25, -0.2) is 0 Å². The maximum Gasteiger partial charge on any atom is 0.260 e. The van der Waals surface area contributed by atoms with Gasteiger partial charge in [0.25, 0.3) is 11.8 Å². The number of methoxy groups -OCH3 is 1. The Morgan fingerprint density at radius 1 is 1.00 bits per heavy atom. The molecule has 2 N–H and O–H groups in total. The third-order valence-electron chi connectivity index (χ3n) is 5.41. The second kappa shape index (κ2) is 8.25. The largest absolute Gasteiger partial charge is 0.496 e. The van der Waals surface area contributed by atoms with E-state index in [9.17, 15) is 9.59 Å². The molecule has 2 amide bonds. The lowest BCUT2D eigenvalue weighted by molar-refractivity contribution is 0.0963. The standard InChI is InChI=1S/C23H24N2O3S/c1-24-22(27)20-16-10-4-3-5-11-19(16)29-23(20)25-21(26)17-12-14-8-6-7-9-15(14)13-18(17)28-2/h6-9,12-13H,3-5,10-11H2,1-2H3,(H,24,27)(H,25,26). The van der Waals surface area contributed by atoms with E-state index in [1.54, 1.807) is 14.2 Å². The van der Waals surface area contributed by atoms with Crippen molar-refractivity contribution in [2.45, 2.75) is 32.1 Å². The first-order valence-electron chi connectivity index (χ1n) is 9.87. The van der Waals surface area contributed by atoms with Crippen LogP contribution >= 0.6 is 11.3 Å². The summed E-state index contributed by atoms with van der Waals surface area (Å²) >= 11 is 1.53. The maximum atomic E-state index is 13.2. The highest BCUT2D eigenvalue weighted by atomic mass is 32.1. The van der Waals surface area contributed by atoms with Gasteiger partial charge in [0, 0.05) is 11.9 Å². The molecule has 0 atom stereocenters. The molecule has 0 unspecified atom stereocenters. The van der Waals surface area contributed by atoms with Crippen molar-refractivity contribution >= 4 is 38.9 Å². The monoisotopic (exact) mass is 408 g/mol. The van der Waals surface area contributed by atoms with Crippen molar-refractivity contribution < 1.29 is 14.3 Å². The van der Waals surface area contributed by atoms with E-state index in [2.05, 4.69) is 10.6 Å². The number of anilines is 1. The minimum absolute atomic E-state index is 0.148. The molecule has 0 aliphatic heterocycles. The van der Waals surface area contributed by atoms with Crippen LogP contribution < -0.4 is 15.4 Å². The van der Waals surface area contributed by atoms with Crippen molar-refractivity contribution in [3.05, 3.63) is 58.0 Å². The predicted molar refractivity (Wildman–Crippen MR) is 117 cm³/mol. The molecule has 3 aromatic rings. The van der Waals surface area contributed by atoms with Crippen molar-refractivity contribution in [1.82, 2.24) is 5.32 Å². The first-order chi connectivity index (χ1) is 14.1. The van der Waals surface area contributed by atoms with E-state index in [-0.39, 0.29) is 11.8 Å². The van der Waals surface area contributed by atoms with Gasteiger partial charge < -0.3 is 15.4 Å². The number of hydrogen-bond acceptors (Lipinski definition) is 4. The molecular weight excluding hydrogens is 384 g/mol. The van der Waals surface area contributed by atoms with Crippen molar-refractivity contribution in [3.8, 4) is 5.75 Å². The average molecular weight is 409 g/mol. The van der Waals surface area contributed by atoms with Gasteiger partial charge in [0.15, 0.2) is 0 Å². The van der Waals surface area contributed by atoms with Crippen molar-refractivity contribution in [1.29, 1.82) is 0 Å². The number of nitrogens with one attached hydrogen (secondary N) is 2. The summed E-state index contributed by atoms with van der Waals surface area (Å²) in [4.78, 5) is 27.0. The molecule has 0 saturated heterocycles. The van der Waals surface area contributed by atoms with E-state index in [1.165, 1.54) is 22.6 Å². The molecule has 0 radical (unpaired) electrons. The first kappa shape index (κ1) is 19.5. The molecule has 1 aliphatic rings. The second-order valence-electron chi connectivity index (χ2n) is 7.20. The van der Waals surface area contributed by atoms with Crippen molar-refractivity contribution in [2.24, 2.45) is 0 Å². The third kappa shape index (κ3) is 3.72. The number of hydrogen-bond donors (Lipinski definition) is 2. The lowest BCUT2D eigenvalue weighted by atomic mass is 10.0. The molecule has 2 aromatic carbocycles. The molecule has 29 heavy (non-hydrogen) atoms. The Morgan fingerprint density at radius 2 is 1.72 bits per heavy atom. The lowest BCUT2D eigenvalue weighted by Gasteiger charge is -2.12. The Labute approximate surface area is 174 Å².